The second kappa shape index (κ2) is 5.85. The molecule has 0 bridgehead atoms. The average Bonchev–Trinajstić information content (AvgIpc) is 2.31. The summed E-state index contributed by atoms with van der Waals surface area (Å²) in [7, 11) is 0. The van der Waals surface area contributed by atoms with Gasteiger partial charge in [-0.1, -0.05) is 28.1 Å². The molecule has 1 unspecified atom stereocenters. The Balaban J connectivity index is 2.16. The van der Waals surface area contributed by atoms with E-state index in [1.807, 2.05) is 19.2 Å². The number of alkyl halides is 1. The van der Waals surface area contributed by atoms with Gasteiger partial charge in [-0.25, -0.2) is 0 Å². The summed E-state index contributed by atoms with van der Waals surface area (Å²) in [6, 6.07) is 10.4. The van der Waals surface area contributed by atoms with E-state index >= 15 is 0 Å². The third-order valence-electron chi connectivity index (χ3n) is 2.79. The van der Waals surface area contributed by atoms with E-state index in [1.54, 1.807) is 0 Å². The summed E-state index contributed by atoms with van der Waals surface area (Å²) < 4.78 is 1.07. The van der Waals surface area contributed by atoms with Crippen molar-refractivity contribution in [1.29, 1.82) is 0 Å². The summed E-state index contributed by atoms with van der Waals surface area (Å²) in [5, 5.41) is -0.0450. The van der Waals surface area contributed by atoms with E-state index in [0.717, 1.165) is 22.2 Å². The third kappa shape index (κ3) is 3.56. The molecule has 1 aromatic heterocycles. The van der Waals surface area contributed by atoms with Gasteiger partial charge in [-0.3, -0.25) is 4.98 Å². The number of rotatable bonds is 3. The first-order valence-electron chi connectivity index (χ1n) is 5.87. The predicted octanol–water partition coefficient (Wildman–Crippen LogP) is 4.98. The molecule has 0 saturated carbocycles. The second-order valence-electron chi connectivity index (χ2n) is 4.56. The van der Waals surface area contributed by atoms with Crippen LogP contribution in [0.25, 0.3) is 0 Å². The molecule has 0 radical (unpaired) electrons. The highest BCUT2D eigenvalue weighted by atomic mass is 79.9. The lowest BCUT2D eigenvalue weighted by Gasteiger charge is -2.11. The van der Waals surface area contributed by atoms with Crippen LogP contribution in [0.15, 0.2) is 41.0 Å². The van der Waals surface area contributed by atoms with Gasteiger partial charge in [-0.2, -0.15) is 0 Å². The minimum Gasteiger partial charge on any atom is -0.261 e. The van der Waals surface area contributed by atoms with Crippen molar-refractivity contribution < 1.29 is 0 Å². The monoisotopic (exact) mass is 323 g/mol. The van der Waals surface area contributed by atoms with E-state index in [4.69, 9.17) is 11.6 Å². The SMILES string of the molecule is Cc1ccc(CC(Cl)c2cc(C)cc(Br)c2)nc1. The van der Waals surface area contributed by atoms with Crippen molar-refractivity contribution in [2.45, 2.75) is 25.6 Å². The van der Waals surface area contributed by atoms with Crippen LogP contribution in [0.4, 0.5) is 0 Å². The fourth-order valence-corrected chi connectivity index (χ4v) is 2.78. The van der Waals surface area contributed by atoms with Crippen LogP contribution in [0, 0.1) is 13.8 Å². The molecular formula is C15H15BrClN. The maximum atomic E-state index is 6.46. The number of halogens is 2. The maximum Gasteiger partial charge on any atom is 0.0641 e. The Labute approximate surface area is 121 Å². The van der Waals surface area contributed by atoms with Crippen LogP contribution in [0.2, 0.25) is 0 Å². The lowest BCUT2D eigenvalue weighted by Crippen LogP contribution is -1.99. The molecule has 94 valence electrons. The number of aryl methyl sites for hydroxylation is 2. The Morgan fingerprint density at radius 2 is 1.94 bits per heavy atom. The highest BCUT2D eigenvalue weighted by Gasteiger charge is 2.11. The molecule has 1 aromatic carbocycles. The first kappa shape index (κ1) is 13.6. The number of pyridine rings is 1. The zero-order valence-electron chi connectivity index (χ0n) is 10.5. The van der Waals surface area contributed by atoms with E-state index in [1.165, 1.54) is 11.1 Å². The molecule has 0 amide bonds. The van der Waals surface area contributed by atoms with Gasteiger partial charge in [0.05, 0.1) is 5.38 Å². The first-order chi connectivity index (χ1) is 8.54. The Kier molecular flexibility index (Phi) is 4.41. The summed E-state index contributed by atoms with van der Waals surface area (Å²) in [5.74, 6) is 0. The molecule has 1 atom stereocenters. The molecule has 0 N–H and O–H groups in total. The molecule has 0 spiro atoms. The highest BCUT2D eigenvalue weighted by Crippen LogP contribution is 2.27. The van der Waals surface area contributed by atoms with Gasteiger partial charge < -0.3 is 0 Å². The van der Waals surface area contributed by atoms with Crippen molar-refractivity contribution in [3.05, 3.63) is 63.4 Å². The Bertz CT molecular complexity index is 516. The standard InChI is InChI=1S/C15H15BrClN/c1-10-3-4-14(18-9-10)8-15(17)12-5-11(2)6-13(16)7-12/h3-7,9,15H,8H2,1-2H3. The van der Waals surface area contributed by atoms with E-state index in [0.29, 0.717) is 0 Å². The molecule has 18 heavy (non-hydrogen) atoms. The molecule has 2 aromatic rings. The fraction of sp³-hybridized carbons (Fsp3) is 0.267. The fourth-order valence-electron chi connectivity index (χ4n) is 1.87. The van der Waals surface area contributed by atoms with Crippen LogP contribution < -0.4 is 0 Å². The van der Waals surface area contributed by atoms with Gasteiger partial charge in [-0.05, 0) is 48.7 Å². The first-order valence-corrected chi connectivity index (χ1v) is 7.10. The van der Waals surface area contributed by atoms with Gasteiger partial charge in [0.2, 0.25) is 0 Å². The molecule has 0 aliphatic rings. The Hall–Kier alpha value is -0.860. The lowest BCUT2D eigenvalue weighted by molar-refractivity contribution is 0.877. The van der Waals surface area contributed by atoms with Gasteiger partial charge in [-0.15, -0.1) is 11.6 Å². The molecule has 0 aliphatic heterocycles. The molecule has 0 aliphatic carbocycles. The van der Waals surface area contributed by atoms with Crippen LogP contribution in [0.1, 0.15) is 27.8 Å². The number of hydrogen-bond donors (Lipinski definition) is 0. The van der Waals surface area contributed by atoms with Crippen molar-refractivity contribution in [1.82, 2.24) is 4.98 Å². The van der Waals surface area contributed by atoms with Crippen LogP contribution in [0.3, 0.4) is 0 Å². The third-order valence-corrected chi connectivity index (χ3v) is 3.65. The van der Waals surface area contributed by atoms with Crippen molar-refractivity contribution in [3.63, 3.8) is 0 Å². The van der Waals surface area contributed by atoms with Crippen molar-refractivity contribution in [2.75, 3.05) is 0 Å². The van der Waals surface area contributed by atoms with Crippen LogP contribution in [0.5, 0.6) is 0 Å². The predicted molar refractivity (Wildman–Crippen MR) is 80.2 cm³/mol. The topological polar surface area (TPSA) is 12.9 Å². The molecule has 3 heteroatoms. The van der Waals surface area contributed by atoms with Crippen molar-refractivity contribution in [2.24, 2.45) is 0 Å². The molecule has 2 rings (SSSR count). The van der Waals surface area contributed by atoms with Crippen LogP contribution >= 0.6 is 27.5 Å². The van der Waals surface area contributed by atoms with Gasteiger partial charge in [0, 0.05) is 22.8 Å². The van der Waals surface area contributed by atoms with Crippen LogP contribution in [-0.4, -0.2) is 4.98 Å². The minimum absolute atomic E-state index is 0.0450. The lowest BCUT2D eigenvalue weighted by atomic mass is 10.0. The van der Waals surface area contributed by atoms with Gasteiger partial charge in [0.1, 0.15) is 0 Å². The minimum atomic E-state index is -0.0450. The maximum absolute atomic E-state index is 6.46. The summed E-state index contributed by atoms with van der Waals surface area (Å²) in [4.78, 5) is 4.39. The largest absolute Gasteiger partial charge is 0.261 e. The summed E-state index contributed by atoms with van der Waals surface area (Å²) in [6.45, 7) is 4.11. The van der Waals surface area contributed by atoms with E-state index in [2.05, 4.69) is 52.1 Å². The number of hydrogen-bond acceptors (Lipinski definition) is 1. The Morgan fingerprint density at radius 3 is 2.56 bits per heavy atom. The van der Waals surface area contributed by atoms with Gasteiger partial charge in [0.15, 0.2) is 0 Å². The molecule has 0 fully saturated rings. The number of benzene rings is 1. The van der Waals surface area contributed by atoms with E-state index in [9.17, 15) is 0 Å². The normalized spacial score (nSPS) is 12.4. The quantitative estimate of drug-likeness (QED) is 0.725. The smallest absolute Gasteiger partial charge is 0.0641 e. The van der Waals surface area contributed by atoms with Gasteiger partial charge in [0.25, 0.3) is 0 Å². The second-order valence-corrected chi connectivity index (χ2v) is 6.00. The molecule has 0 saturated heterocycles. The van der Waals surface area contributed by atoms with Gasteiger partial charge >= 0.3 is 0 Å². The van der Waals surface area contributed by atoms with Crippen LogP contribution in [-0.2, 0) is 6.42 Å². The Morgan fingerprint density at radius 1 is 1.17 bits per heavy atom. The molecule has 1 heterocycles. The summed E-state index contributed by atoms with van der Waals surface area (Å²) in [5.41, 5.74) is 4.54. The summed E-state index contributed by atoms with van der Waals surface area (Å²) in [6.07, 6.45) is 2.63. The number of aromatic nitrogens is 1. The van der Waals surface area contributed by atoms with E-state index < -0.39 is 0 Å². The number of nitrogens with zero attached hydrogens (tertiary/aromatic N) is 1. The molecular weight excluding hydrogens is 310 g/mol. The molecule has 1 nitrogen and oxygen atoms in total. The van der Waals surface area contributed by atoms with Crippen molar-refractivity contribution >= 4 is 27.5 Å². The highest BCUT2D eigenvalue weighted by molar-refractivity contribution is 9.10. The van der Waals surface area contributed by atoms with E-state index in [-0.39, 0.29) is 5.38 Å². The zero-order chi connectivity index (χ0) is 13.1. The zero-order valence-corrected chi connectivity index (χ0v) is 12.8. The average molecular weight is 325 g/mol. The van der Waals surface area contributed by atoms with Crippen molar-refractivity contribution in [3.8, 4) is 0 Å². The summed E-state index contributed by atoms with van der Waals surface area (Å²) >= 11 is 9.97.